The minimum atomic E-state index is 1.09. The van der Waals surface area contributed by atoms with E-state index in [1.165, 1.54) is 87.6 Å². The number of hydrogen-bond acceptors (Lipinski definition) is 2. The fourth-order valence-corrected chi connectivity index (χ4v) is 12.1. The Morgan fingerprint density at radius 3 is 0.692 bits per heavy atom. The van der Waals surface area contributed by atoms with Gasteiger partial charge in [0.1, 0.15) is 0 Å². The van der Waals surface area contributed by atoms with Crippen LogP contribution in [0.25, 0.3) is 98.7 Å². The number of fused-ring (bicyclic) bond motifs is 4. The molecule has 0 spiro atoms. The average molecular weight is 993 g/mol. The van der Waals surface area contributed by atoms with Crippen LogP contribution >= 0.6 is 0 Å². The standard InChI is InChI=1S/C76H52N2/c1-7-25-53(26-8-1)71-63-37-19-21-39-65(63)73(55-45-49-61(50-46-55)77(57-29-11-3-12-30-57)58-31-13-4-14-32-58)75-67(41-23-43-69(71)75)68-42-24-44-70-72(54-27-9-2-10-28-54)64-38-20-22-40-66(64)74(76(68)70)56-47-51-62(52-48-56)78(59-33-15-5-16-34-59)60-35-17-6-18-36-60/h1-52H. The summed E-state index contributed by atoms with van der Waals surface area (Å²) in [5.74, 6) is 0. The fraction of sp³-hybridized carbons (Fsp3) is 0. The highest BCUT2D eigenvalue weighted by atomic mass is 15.1. The van der Waals surface area contributed by atoms with Gasteiger partial charge in [-0.3, -0.25) is 0 Å². The molecule has 0 aliphatic heterocycles. The topological polar surface area (TPSA) is 6.48 Å². The summed E-state index contributed by atoms with van der Waals surface area (Å²) in [5, 5.41) is 9.71. The number of rotatable bonds is 11. The molecule has 0 aliphatic carbocycles. The second kappa shape index (κ2) is 20.1. The number of hydrogen-bond donors (Lipinski definition) is 0. The molecule has 0 saturated carbocycles. The molecule has 2 nitrogen and oxygen atoms in total. The average Bonchev–Trinajstić information content (AvgIpc) is 3.64. The Labute approximate surface area is 455 Å². The first-order valence-electron chi connectivity index (χ1n) is 26.8. The molecule has 0 aliphatic rings. The predicted molar refractivity (Wildman–Crippen MR) is 333 cm³/mol. The molecule has 366 valence electrons. The summed E-state index contributed by atoms with van der Waals surface area (Å²) in [6.07, 6.45) is 0. The number of anilines is 6. The number of nitrogens with zero attached hydrogens (tertiary/aromatic N) is 2. The zero-order valence-electron chi connectivity index (χ0n) is 42.9. The van der Waals surface area contributed by atoms with Gasteiger partial charge in [-0.05, 0) is 172 Å². The molecule has 0 saturated heterocycles. The van der Waals surface area contributed by atoms with E-state index >= 15 is 0 Å². The first-order chi connectivity index (χ1) is 38.8. The van der Waals surface area contributed by atoms with E-state index < -0.39 is 0 Å². The van der Waals surface area contributed by atoms with Crippen LogP contribution < -0.4 is 9.80 Å². The van der Waals surface area contributed by atoms with E-state index in [1.54, 1.807) is 0 Å². The minimum absolute atomic E-state index is 1.09. The van der Waals surface area contributed by atoms with Crippen LogP contribution in [0.1, 0.15) is 0 Å². The molecule has 0 atom stereocenters. The van der Waals surface area contributed by atoms with Gasteiger partial charge in [-0.1, -0.05) is 243 Å². The second-order valence-corrected chi connectivity index (χ2v) is 19.9. The van der Waals surface area contributed by atoms with Crippen molar-refractivity contribution in [1.82, 2.24) is 0 Å². The quantitative estimate of drug-likeness (QED) is 0.119. The third-order valence-electron chi connectivity index (χ3n) is 15.4. The molecule has 0 fully saturated rings. The van der Waals surface area contributed by atoms with Crippen LogP contribution in [0.3, 0.4) is 0 Å². The Balaban J connectivity index is 1.06. The van der Waals surface area contributed by atoms with Gasteiger partial charge in [-0.15, -0.1) is 0 Å². The minimum Gasteiger partial charge on any atom is -0.311 e. The normalized spacial score (nSPS) is 11.3. The third kappa shape index (κ3) is 8.16. The van der Waals surface area contributed by atoms with Crippen LogP contribution in [0, 0.1) is 0 Å². The molecule has 0 bridgehead atoms. The third-order valence-corrected chi connectivity index (χ3v) is 15.4. The molecule has 78 heavy (non-hydrogen) atoms. The van der Waals surface area contributed by atoms with Gasteiger partial charge in [0.05, 0.1) is 0 Å². The lowest BCUT2D eigenvalue weighted by atomic mass is 9.80. The van der Waals surface area contributed by atoms with Crippen molar-refractivity contribution in [3.8, 4) is 55.6 Å². The molecule has 0 radical (unpaired) electrons. The van der Waals surface area contributed by atoms with E-state index in [2.05, 4.69) is 325 Å². The summed E-state index contributed by atoms with van der Waals surface area (Å²) in [4.78, 5) is 4.67. The Bertz CT molecular complexity index is 4060. The van der Waals surface area contributed by atoms with Crippen LogP contribution in [-0.4, -0.2) is 0 Å². The van der Waals surface area contributed by atoms with Gasteiger partial charge in [0.15, 0.2) is 0 Å². The van der Waals surface area contributed by atoms with Gasteiger partial charge in [-0.2, -0.15) is 0 Å². The number of para-hydroxylation sites is 4. The van der Waals surface area contributed by atoms with Crippen molar-refractivity contribution >= 4 is 77.2 Å². The lowest BCUT2D eigenvalue weighted by molar-refractivity contribution is 1.28. The predicted octanol–water partition coefficient (Wildman–Crippen LogP) is 21.6. The molecule has 14 aromatic rings. The maximum absolute atomic E-state index is 2.37. The van der Waals surface area contributed by atoms with E-state index in [1.807, 2.05) is 0 Å². The maximum Gasteiger partial charge on any atom is 0.0462 e. The van der Waals surface area contributed by atoms with Gasteiger partial charge >= 0.3 is 0 Å². The molecular formula is C76H52N2. The van der Waals surface area contributed by atoms with E-state index in [9.17, 15) is 0 Å². The van der Waals surface area contributed by atoms with E-state index in [0.29, 0.717) is 0 Å². The molecule has 0 amide bonds. The monoisotopic (exact) mass is 992 g/mol. The first kappa shape index (κ1) is 46.3. The van der Waals surface area contributed by atoms with Crippen LogP contribution in [0.5, 0.6) is 0 Å². The molecule has 0 unspecified atom stereocenters. The SMILES string of the molecule is c1ccc(-c2c3ccccc3c(-c3ccc(N(c4ccccc4)c4ccccc4)cc3)c3c(-c4cccc5c(-c6ccccc6)c6ccccc6c(-c6ccc(N(c7ccccc7)c7ccccc7)cc6)c45)cccc23)cc1. The van der Waals surface area contributed by atoms with E-state index in [-0.39, 0.29) is 0 Å². The Morgan fingerprint density at radius 1 is 0.154 bits per heavy atom. The molecule has 14 rings (SSSR count). The van der Waals surface area contributed by atoms with Crippen molar-refractivity contribution in [1.29, 1.82) is 0 Å². The molecular weight excluding hydrogens is 941 g/mol. The molecule has 14 aromatic carbocycles. The lowest BCUT2D eigenvalue weighted by Crippen LogP contribution is -2.09. The van der Waals surface area contributed by atoms with Crippen LogP contribution in [0.2, 0.25) is 0 Å². The van der Waals surface area contributed by atoms with Crippen molar-refractivity contribution in [2.24, 2.45) is 0 Å². The zero-order chi connectivity index (χ0) is 51.8. The van der Waals surface area contributed by atoms with Crippen LogP contribution in [0.15, 0.2) is 315 Å². The van der Waals surface area contributed by atoms with Crippen molar-refractivity contribution in [3.05, 3.63) is 315 Å². The smallest absolute Gasteiger partial charge is 0.0462 e. The largest absolute Gasteiger partial charge is 0.311 e. The summed E-state index contributed by atoms with van der Waals surface area (Å²) >= 11 is 0. The van der Waals surface area contributed by atoms with Crippen molar-refractivity contribution in [2.45, 2.75) is 0 Å². The number of benzene rings is 14. The zero-order valence-corrected chi connectivity index (χ0v) is 42.9. The van der Waals surface area contributed by atoms with Crippen LogP contribution in [-0.2, 0) is 0 Å². The van der Waals surface area contributed by atoms with Crippen LogP contribution in [0.4, 0.5) is 34.1 Å². The van der Waals surface area contributed by atoms with E-state index in [0.717, 1.165) is 45.3 Å². The highest BCUT2D eigenvalue weighted by Crippen LogP contribution is 2.52. The highest BCUT2D eigenvalue weighted by Gasteiger charge is 2.25. The van der Waals surface area contributed by atoms with Gasteiger partial charge in [0.25, 0.3) is 0 Å². The molecule has 0 N–H and O–H groups in total. The van der Waals surface area contributed by atoms with Crippen molar-refractivity contribution < 1.29 is 0 Å². The van der Waals surface area contributed by atoms with Gasteiger partial charge in [0, 0.05) is 34.1 Å². The Morgan fingerprint density at radius 2 is 0.385 bits per heavy atom. The Kier molecular flexibility index (Phi) is 11.9. The summed E-state index contributed by atoms with van der Waals surface area (Å²) in [7, 11) is 0. The van der Waals surface area contributed by atoms with Crippen molar-refractivity contribution in [2.75, 3.05) is 9.80 Å². The Hall–Kier alpha value is -10.3. The van der Waals surface area contributed by atoms with E-state index in [4.69, 9.17) is 0 Å². The molecule has 0 aromatic heterocycles. The molecule has 0 heterocycles. The van der Waals surface area contributed by atoms with Gasteiger partial charge in [0.2, 0.25) is 0 Å². The van der Waals surface area contributed by atoms with Crippen molar-refractivity contribution in [3.63, 3.8) is 0 Å². The lowest BCUT2D eigenvalue weighted by Gasteiger charge is -2.26. The summed E-state index contributed by atoms with van der Waals surface area (Å²) in [5.41, 5.74) is 18.5. The summed E-state index contributed by atoms with van der Waals surface area (Å²) < 4.78 is 0. The first-order valence-corrected chi connectivity index (χ1v) is 26.8. The van der Waals surface area contributed by atoms with Gasteiger partial charge < -0.3 is 9.80 Å². The molecule has 2 heteroatoms. The fourth-order valence-electron chi connectivity index (χ4n) is 12.1. The summed E-state index contributed by atoms with van der Waals surface area (Å²) in [6, 6.07) is 115. The second-order valence-electron chi connectivity index (χ2n) is 19.9. The summed E-state index contributed by atoms with van der Waals surface area (Å²) in [6.45, 7) is 0. The van der Waals surface area contributed by atoms with Gasteiger partial charge in [-0.25, -0.2) is 0 Å². The maximum atomic E-state index is 2.37. The highest BCUT2D eigenvalue weighted by molar-refractivity contribution is 6.29.